The summed E-state index contributed by atoms with van der Waals surface area (Å²) in [6.45, 7) is 4.17. The Balaban J connectivity index is 1.62. The molecule has 0 bridgehead atoms. The molecule has 1 heterocycles. The fraction of sp³-hybridized carbons (Fsp3) is 0.241. The van der Waals surface area contributed by atoms with Crippen LogP contribution in [0, 0.1) is 5.41 Å². The predicted molar refractivity (Wildman–Crippen MR) is 136 cm³/mol. The van der Waals surface area contributed by atoms with E-state index in [4.69, 9.17) is 4.74 Å². The number of carbonyl (C=O) groups excluding carboxylic acids is 2. The van der Waals surface area contributed by atoms with Crippen LogP contribution in [-0.4, -0.2) is 23.8 Å². The lowest BCUT2D eigenvalue weighted by molar-refractivity contribution is -0.118. The van der Waals surface area contributed by atoms with Crippen molar-refractivity contribution in [2.75, 3.05) is 17.7 Å². The summed E-state index contributed by atoms with van der Waals surface area (Å²) in [5, 5.41) is 17.1. The molecule has 3 aromatic rings. The SMILES string of the molecule is COc1cc(C2Nc3ccc(C(=O)c4ccccc4)cc3NC3=C2C(=O)CC(C)(C)C3)ccc1O. The number of aromatic hydroxyl groups is 1. The van der Waals surface area contributed by atoms with Crippen LogP contribution < -0.4 is 15.4 Å². The second kappa shape index (κ2) is 8.62. The fourth-order valence-corrected chi connectivity index (χ4v) is 4.97. The minimum Gasteiger partial charge on any atom is -0.504 e. The topological polar surface area (TPSA) is 87.7 Å². The molecule has 1 aliphatic carbocycles. The third-order valence-corrected chi connectivity index (χ3v) is 6.65. The zero-order chi connectivity index (χ0) is 24.7. The largest absolute Gasteiger partial charge is 0.504 e. The molecular weight excluding hydrogens is 440 g/mol. The molecule has 3 aromatic carbocycles. The Morgan fingerprint density at radius 1 is 0.971 bits per heavy atom. The van der Waals surface area contributed by atoms with Gasteiger partial charge in [-0.1, -0.05) is 50.2 Å². The molecule has 0 saturated carbocycles. The molecule has 0 spiro atoms. The normalized spacial score (nSPS) is 18.5. The van der Waals surface area contributed by atoms with Gasteiger partial charge in [-0.15, -0.1) is 0 Å². The first-order valence-electron chi connectivity index (χ1n) is 11.7. The monoisotopic (exact) mass is 468 g/mol. The van der Waals surface area contributed by atoms with Gasteiger partial charge in [0.2, 0.25) is 0 Å². The van der Waals surface area contributed by atoms with Crippen molar-refractivity contribution >= 4 is 22.9 Å². The number of anilines is 2. The number of phenolic OH excluding ortho intramolecular Hbond substituents is 1. The third kappa shape index (κ3) is 4.28. The molecule has 5 rings (SSSR count). The molecule has 6 heteroatoms. The lowest BCUT2D eigenvalue weighted by atomic mass is 9.73. The van der Waals surface area contributed by atoms with Crippen LogP contribution in [0.5, 0.6) is 11.5 Å². The van der Waals surface area contributed by atoms with Crippen LogP contribution in [0.3, 0.4) is 0 Å². The number of rotatable bonds is 4. The summed E-state index contributed by atoms with van der Waals surface area (Å²) < 4.78 is 5.33. The Morgan fingerprint density at radius 2 is 1.74 bits per heavy atom. The van der Waals surface area contributed by atoms with Gasteiger partial charge >= 0.3 is 0 Å². The van der Waals surface area contributed by atoms with Crippen molar-refractivity contribution < 1.29 is 19.4 Å². The zero-order valence-corrected chi connectivity index (χ0v) is 20.0. The molecule has 1 unspecified atom stereocenters. The highest BCUT2D eigenvalue weighted by molar-refractivity contribution is 6.10. The zero-order valence-electron chi connectivity index (χ0n) is 20.0. The molecule has 2 aliphatic rings. The Bertz CT molecular complexity index is 1360. The van der Waals surface area contributed by atoms with Gasteiger partial charge in [0.15, 0.2) is 23.1 Å². The molecule has 1 atom stereocenters. The average molecular weight is 469 g/mol. The van der Waals surface area contributed by atoms with Crippen LogP contribution in [0.2, 0.25) is 0 Å². The second-order valence-electron chi connectivity index (χ2n) is 9.92. The van der Waals surface area contributed by atoms with E-state index in [0.717, 1.165) is 22.6 Å². The molecule has 0 saturated heterocycles. The minimum atomic E-state index is -0.437. The maximum atomic E-state index is 13.4. The van der Waals surface area contributed by atoms with Crippen LogP contribution >= 0.6 is 0 Å². The van der Waals surface area contributed by atoms with Crippen molar-refractivity contribution in [2.24, 2.45) is 5.41 Å². The molecule has 1 aliphatic heterocycles. The first-order chi connectivity index (χ1) is 16.8. The van der Waals surface area contributed by atoms with E-state index >= 15 is 0 Å². The lowest BCUT2D eigenvalue weighted by Gasteiger charge is -2.34. The summed E-state index contributed by atoms with van der Waals surface area (Å²) in [5.74, 6) is 0.393. The van der Waals surface area contributed by atoms with E-state index in [9.17, 15) is 14.7 Å². The van der Waals surface area contributed by atoms with Crippen molar-refractivity contribution in [3.8, 4) is 11.5 Å². The van der Waals surface area contributed by atoms with Crippen molar-refractivity contribution in [1.29, 1.82) is 0 Å². The number of hydrogen-bond donors (Lipinski definition) is 3. The molecule has 0 radical (unpaired) electrons. The summed E-state index contributed by atoms with van der Waals surface area (Å²) in [6, 6.07) is 19.4. The van der Waals surface area contributed by atoms with E-state index in [1.165, 1.54) is 7.11 Å². The van der Waals surface area contributed by atoms with Gasteiger partial charge in [-0.05, 0) is 47.7 Å². The predicted octanol–water partition coefficient (Wildman–Crippen LogP) is 5.85. The molecule has 0 amide bonds. The Labute approximate surface area is 204 Å². The van der Waals surface area contributed by atoms with Crippen molar-refractivity contribution in [1.82, 2.24) is 0 Å². The molecule has 0 aromatic heterocycles. The number of hydrogen-bond acceptors (Lipinski definition) is 6. The minimum absolute atomic E-state index is 0.0396. The molecule has 178 valence electrons. The number of carbonyl (C=O) groups is 2. The fourth-order valence-electron chi connectivity index (χ4n) is 4.97. The number of fused-ring (bicyclic) bond motifs is 1. The van der Waals surface area contributed by atoms with Gasteiger partial charge in [-0.3, -0.25) is 9.59 Å². The molecule has 6 nitrogen and oxygen atoms in total. The van der Waals surface area contributed by atoms with E-state index in [2.05, 4.69) is 24.5 Å². The van der Waals surface area contributed by atoms with Crippen LogP contribution in [0.15, 0.2) is 78.0 Å². The summed E-state index contributed by atoms with van der Waals surface area (Å²) >= 11 is 0. The van der Waals surface area contributed by atoms with Crippen molar-refractivity contribution in [2.45, 2.75) is 32.7 Å². The molecular formula is C29H28N2O4. The summed E-state index contributed by atoms with van der Waals surface area (Å²) in [5.41, 5.74) is 4.85. The number of benzene rings is 3. The van der Waals surface area contributed by atoms with E-state index < -0.39 is 6.04 Å². The highest BCUT2D eigenvalue weighted by atomic mass is 16.5. The van der Waals surface area contributed by atoms with Gasteiger partial charge in [0, 0.05) is 28.8 Å². The number of methoxy groups -OCH3 is 1. The van der Waals surface area contributed by atoms with Gasteiger partial charge in [0.05, 0.1) is 24.5 Å². The number of phenols is 1. The summed E-state index contributed by atoms with van der Waals surface area (Å²) in [7, 11) is 1.50. The first-order valence-corrected chi connectivity index (χ1v) is 11.7. The first kappa shape index (κ1) is 22.7. The number of nitrogens with one attached hydrogen (secondary N) is 2. The number of ether oxygens (including phenoxy) is 1. The van der Waals surface area contributed by atoms with Gasteiger partial charge < -0.3 is 20.5 Å². The van der Waals surface area contributed by atoms with Gasteiger partial charge in [0.25, 0.3) is 0 Å². The lowest BCUT2D eigenvalue weighted by Crippen LogP contribution is -2.31. The maximum absolute atomic E-state index is 13.4. The van der Waals surface area contributed by atoms with Crippen LogP contribution in [0.1, 0.15) is 54.2 Å². The quantitative estimate of drug-likeness (QED) is 0.416. The smallest absolute Gasteiger partial charge is 0.193 e. The molecule has 3 N–H and O–H groups in total. The van der Waals surface area contributed by atoms with E-state index in [1.807, 2.05) is 30.3 Å². The van der Waals surface area contributed by atoms with Crippen molar-refractivity contribution in [3.05, 3.63) is 94.7 Å². The average Bonchev–Trinajstić information content (AvgIpc) is 2.99. The van der Waals surface area contributed by atoms with E-state index in [1.54, 1.807) is 36.4 Å². The molecule has 35 heavy (non-hydrogen) atoms. The number of allylic oxidation sites excluding steroid dienone is 1. The highest BCUT2D eigenvalue weighted by Gasteiger charge is 2.39. The Morgan fingerprint density at radius 3 is 2.49 bits per heavy atom. The van der Waals surface area contributed by atoms with Crippen LogP contribution in [0.4, 0.5) is 11.4 Å². The summed E-state index contributed by atoms with van der Waals surface area (Å²) in [6.07, 6.45) is 1.13. The Kier molecular flexibility index (Phi) is 5.59. The number of Topliss-reactive ketones (excluding diaryl/α,β-unsaturated/α-hetero) is 1. The second-order valence-corrected chi connectivity index (χ2v) is 9.92. The van der Waals surface area contributed by atoms with Crippen molar-refractivity contribution in [3.63, 3.8) is 0 Å². The van der Waals surface area contributed by atoms with E-state index in [-0.39, 0.29) is 22.7 Å². The van der Waals surface area contributed by atoms with E-state index in [0.29, 0.717) is 35.3 Å². The van der Waals surface area contributed by atoms with Crippen LogP contribution in [0.25, 0.3) is 0 Å². The van der Waals surface area contributed by atoms with Gasteiger partial charge in [0.1, 0.15) is 0 Å². The van der Waals surface area contributed by atoms with Gasteiger partial charge in [-0.2, -0.15) is 0 Å². The number of ketones is 2. The highest BCUT2D eigenvalue weighted by Crippen LogP contribution is 2.46. The Hall–Kier alpha value is -4.06. The standard InChI is InChI=1S/C29H28N2O4/c1-29(2)15-22-26(24(33)16-29)27(18-10-12-23(32)25(14-18)35-3)31-20-11-9-19(13-21(20)30-22)28(34)17-7-5-4-6-8-17/h4-14,27,30-32H,15-16H2,1-3H3. The summed E-state index contributed by atoms with van der Waals surface area (Å²) in [4.78, 5) is 26.5. The van der Waals surface area contributed by atoms with Gasteiger partial charge in [-0.25, -0.2) is 0 Å². The molecule has 0 fully saturated rings. The third-order valence-electron chi connectivity index (χ3n) is 6.65. The van der Waals surface area contributed by atoms with Crippen LogP contribution in [-0.2, 0) is 4.79 Å². The maximum Gasteiger partial charge on any atom is 0.193 e.